The lowest BCUT2D eigenvalue weighted by molar-refractivity contribution is 0.227. The summed E-state index contributed by atoms with van der Waals surface area (Å²) in [5, 5.41) is 0. The molecule has 0 atom stereocenters. The Morgan fingerprint density at radius 2 is 1.69 bits per heavy atom. The van der Waals surface area contributed by atoms with Gasteiger partial charge in [0.2, 0.25) is 0 Å². The van der Waals surface area contributed by atoms with Crippen molar-refractivity contribution in [2.24, 2.45) is 5.41 Å². The molecule has 0 aliphatic carbocycles. The molecule has 0 spiro atoms. The van der Waals surface area contributed by atoms with Crippen molar-refractivity contribution in [3.63, 3.8) is 0 Å². The first kappa shape index (κ1) is 11.5. The molecule has 1 aromatic carbocycles. The van der Waals surface area contributed by atoms with Gasteiger partial charge in [-0.2, -0.15) is 8.75 Å². The van der Waals surface area contributed by atoms with E-state index in [-0.39, 0.29) is 10.8 Å². The summed E-state index contributed by atoms with van der Waals surface area (Å²) in [5.74, 6) is 0. The minimum absolute atomic E-state index is 0.0856. The second kappa shape index (κ2) is 3.52. The van der Waals surface area contributed by atoms with Gasteiger partial charge in [0.25, 0.3) is 0 Å². The van der Waals surface area contributed by atoms with Crippen LogP contribution in [0.4, 0.5) is 0 Å². The molecule has 0 fully saturated rings. The van der Waals surface area contributed by atoms with Gasteiger partial charge in [0.1, 0.15) is 11.0 Å². The molecule has 0 bridgehead atoms. The molecule has 2 aromatic rings. The zero-order chi connectivity index (χ0) is 12.0. The topological polar surface area (TPSA) is 25.8 Å². The van der Waals surface area contributed by atoms with Crippen molar-refractivity contribution in [3.05, 3.63) is 23.8 Å². The summed E-state index contributed by atoms with van der Waals surface area (Å²) < 4.78 is 8.73. The van der Waals surface area contributed by atoms with E-state index in [1.54, 1.807) is 0 Å². The van der Waals surface area contributed by atoms with Gasteiger partial charge in [-0.25, -0.2) is 0 Å². The van der Waals surface area contributed by atoms with Crippen LogP contribution in [0.15, 0.2) is 18.2 Å². The van der Waals surface area contributed by atoms with Crippen LogP contribution in [-0.4, -0.2) is 8.75 Å². The van der Waals surface area contributed by atoms with E-state index in [4.69, 9.17) is 0 Å². The Morgan fingerprint density at radius 3 is 2.31 bits per heavy atom. The Labute approximate surface area is 101 Å². The van der Waals surface area contributed by atoms with Crippen molar-refractivity contribution in [1.29, 1.82) is 0 Å². The van der Waals surface area contributed by atoms with Crippen LogP contribution in [0.5, 0.6) is 0 Å². The second-order valence-electron chi connectivity index (χ2n) is 5.81. The lowest BCUT2D eigenvalue weighted by atomic mass is 9.65. The van der Waals surface area contributed by atoms with Crippen LogP contribution in [0.3, 0.4) is 0 Å². The van der Waals surface area contributed by atoms with Crippen LogP contribution >= 0.6 is 11.7 Å². The van der Waals surface area contributed by atoms with Crippen LogP contribution in [-0.2, 0) is 5.41 Å². The standard InChI is InChI=1S/C13H18N2S/c1-12(2,3)13(4,5)9-7-6-8-10-11(9)15-16-14-10/h6-8H,1-5H3. The molecule has 86 valence electrons. The molecule has 0 saturated heterocycles. The van der Waals surface area contributed by atoms with Gasteiger partial charge in [0.05, 0.1) is 11.7 Å². The average Bonchev–Trinajstić information content (AvgIpc) is 2.62. The predicted octanol–water partition coefficient (Wildman–Crippen LogP) is 4.02. The summed E-state index contributed by atoms with van der Waals surface area (Å²) in [4.78, 5) is 0. The first-order valence-electron chi connectivity index (χ1n) is 5.56. The van der Waals surface area contributed by atoms with E-state index in [1.165, 1.54) is 17.3 Å². The number of rotatable bonds is 1. The van der Waals surface area contributed by atoms with Crippen molar-refractivity contribution in [2.75, 3.05) is 0 Å². The van der Waals surface area contributed by atoms with Gasteiger partial charge in [-0.15, -0.1) is 0 Å². The lowest BCUT2D eigenvalue weighted by Crippen LogP contribution is -2.34. The second-order valence-corrected chi connectivity index (χ2v) is 6.34. The molecule has 3 heteroatoms. The third kappa shape index (κ3) is 1.63. The van der Waals surface area contributed by atoms with Gasteiger partial charge in [-0.3, -0.25) is 0 Å². The van der Waals surface area contributed by atoms with Crippen LogP contribution < -0.4 is 0 Å². The molecule has 0 saturated carbocycles. The molecule has 0 amide bonds. The Bertz CT molecular complexity index is 506. The summed E-state index contributed by atoms with van der Waals surface area (Å²) >= 11 is 1.29. The highest BCUT2D eigenvalue weighted by molar-refractivity contribution is 7.00. The highest BCUT2D eigenvalue weighted by atomic mass is 32.1. The van der Waals surface area contributed by atoms with Crippen molar-refractivity contribution in [1.82, 2.24) is 8.75 Å². The van der Waals surface area contributed by atoms with E-state index >= 15 is 0 Å². The van der Waals surface area contributed by atoms with Crippen LogP contribution in [0, 0.1) is 5.41 Å². The Morgan fingerprint density at radius 1 is 1.00 bits per heavy atom. The number of fused-ring (bicyclic) bond motifs is 1. The minimum Gasteiger partial charge on any atom is -0.173 e. The molecule has 0 aliphatic rings. The number of aromatic nitrogens is 2. The molecule has 16 heavy (non-hydrogen) atoms. The fourth-order valence-corrected chi connectivity index (χ4v) is 2.26. The van der Waals surface area contributed by atoms with Gasteiger partial charge < -0.3 is 0 Å². The van der Waals surface area contributed by atoms with Gasteiger partial charge in [0.15, 0.2) is 0 Å². The molecule has 1 heterocycles. The van der Waals surface area contributed by atoms with E-state index in [9.17, 15) is 0 Å². The predicted molar refractivity (Wildman–Crippen MR) is 69.9 cm³/mol. The summed E-state index contributed by atoms with van der Waals surface area (Å²) in [6, 6.07) is 6.28. The largest absolute Gasteiger partial charge is 0.173 e. The Balaban J connectivity index is 2.68. The van der Waals surface area contributed by atoms with Crippen LogP contribution in [0.1, 0.15) is 40.2 Å². The van der Waals surface area contributed by atoms with Crippen LogP contribution in [0.2, 0.25) is 0 Å². The average molecular weight is 234 g/mol. The van der Waals surface area contributed by atoms with E-state index in [2.05, 4.69) is 55.5 Å². The number of nitrogens with zero attached hydrogens (tertiary/aromatic N) is 2. The summed E-state index contributed by atoms with van der Waals surface area (Å²) in [5.41, 5.74) is 3.66. The maximum absolute atomic E-state index is 4.43. The third-order valence-corrected chi connectivity index (χ3v) is 4.38. The normalized spacial score (nSPS) is 13.3. The zero-order valence-corrected chi connectivity index (χ0v) is 11.4. The highest BCUT2D eigenvalue weighted by Crippen LogP contribution is 2.42. The molecule has 0 aliphatic heterocycles. The van der Waals surface area contributed by atoms with Crippen LogP contribution in [0.25, 0.3) is 11.0 Å². The Hall–Kier alpha value is -0.960. The number of hydrogen-bond donors (Lipinski definition) is 0. The molecule has 2 rings (SSSR count). The SMILES string of the molecule is CC(C)(C)C(C)(C)c1cccc2nsnc12. The van der Waals surface area contributed by atoms with Gasteiger partial charge in [-0.1, -0.05) is 46.8 Å². The Kier molecular flexibility index (Phi) is 2.54. The van der Waals surface area contributed by atoms with Crippen molar-refractivity contribution < 1.29 is 0 Å². The molecule has 0 unspecified atom stereocenters. The first-order chi connectivity index (χ1) is 7.34. The molecule has 1 aromatic heterocycles. The maximum Gasteiger partial charge on any atom is 0.108 e. The zero-order valence-electron chi connectivity index (χ0n) is 10.5. The van der Waals surface area contributed by atoms with Gasteiger partial charge in [-0.05, 0) is 22.5 Å². The van der Waals surface area contributed by atoms with E-state index in [0.717, 1.165) is 11.0 Å². The van der Waals surface area contributed by atoms with Gasteiger partial charge >= 0.3 is 0 Å². The fourth-order valence-electron chi connectivity index (χ4n) is 1.71. The first-order valence-corrected chi connectivity index (χ1v) is 6.29. The third-order valence-electron chi connectivity index (χ3n) is 3.83. The van der Waals surface area contributed by atoms with Crippen molar-refractivity contribution in [2.45, 2.75) is 40.0 Å². The molecular weight excluding hydrogens is 216 g/mol. The molecule has 0 radical (unpaired) electrons. The lowest BCUT2D eigenvalue weighted by Gasteiger charge is -2.39. The summed E-state index contributed by atoms with van der Waals surface area (Å²) in [7, 11) is 0. The van der Waals surface area contributed by atoms with Crippen molar-refractivity contribution >= 4 is 22.8 Å². The monoisotopic (exact) mass is 234 g/mol. The maximum atomic E-state index is 4.43. The van der Waals surface area contributed by atoms with E-state index < -0.39 is 0 Å². The quantitative estimate of drug-likeness (QED) is 0.745. The smallest absolute Gasteiger partial charge is 0.108 e. The molecule has 2 nitrogen and oxygen atoms in total. The summed E-state index contributed by atoms with van der Waals surface area (Å²) in [6.07, 6.45) is 0. The van der Waals surface area contributed by atoms with E-state index in [0.29, 0.717) is 0 Å². The van der Waals surface area contributed by atoms with Crippen molar-refractivity contribution in [3.8, 4) is 0 Å². The highest BCUT2D eigenvalue weighted by Gasteiger charge is 2.36. The number of hydrogen-bond acceptors (Lipinski definition) is 3. The van der Waals surface area contributed by atoms with E-state index in [1.807, 2.05) is 6.07 Å². The number of benzene rings is 1. The summed E-state index contributed by atoms with van der Waals surface area (Å²) in [6.45, 7) is 11.4. The van der Waals surface area contributed by atoms with Gasteiger partial charge in [0, 0.05) is 0 Å². The fraction of sp³-hybridized carbons (Fsp3) is 0.538. The molecular formula is C13H18N2S. The minimum atomic E-state index is 0.0856. The molecule has 0 N–H and O–H groups in total.